The second kappa shape index (κ2) is 7.17. The van der Waals surface area contributed by atoms with Crippen molar-refractivity contribution in [2.75, 3.05) is 13.1 Å². The summed E-state index contributed by atoms with van der Waals surface area (Å²) in [5.41, 5.74) is -0.703. The zero-order chi connectivity index (χ0) is 16.1. The van der Waals surface area contributed by atoms with E-state index in [0.29, 0.717) is 0 Å². The Kier molecular flexibility index (Phi) is 6.10. The van der Waals surface area contributed by atoms with Crippen LogP contribution in [0, 0.1) is 0 Å². The maximum atomic E-state index is 13.7. The van der Waals surface area contributed by atoms with Crippen molar-refractivity contribution in [3.8, 4) is 0 Å². The number of amides is 1. The first-order valence-electron chi connectivity index (χ1n) is 6.70. The number of nitrogens with one attached hydrogen (secondary N) is 2. The molecule has 0 bridgehead atoms. The van der Waals surface area contributed by atoms with Gasteiger partial charge >= 0.3 is 6.09 Å². The van der Waals surface area contributed by atoms with Crippen LogP contribution in [-0.2, 0) is 4.74 Å². The van der Waals surface area contributed by atoms with Crippen LogP contribution < -0.4 is 10.6 Å². The second-order valence-corrected chi connectivity index (χ2v) is 6.81. The van der Waals surface area contributed by atoms with Crippen LogP contribution in [0.5, 0.6) is 0 Å². The van der Waals surface area contributed by atoms with Gasteiger partial charge in [-0.2, -0.15) is 0 Å². The lowest BCUT2D eigenvalue weighted by Crippen LogP contribution is -2.45. The van der Waals surface area contributed by atoms with Crippen molar-refractivity contribution >= 4 is 17.4 Å². The van der Waals surface area contributed by atoms with Crippen LogP contribution in [0.4, 0.5) is 13.6 Å². The summed E-state index contributed by atoms with van der Waals surface area (Å²) in [6.07, 6.45) is -0.839. The lowest BCUT2D eigenvalue weighted by Gasteiger charge is -2.23. The van der Waals surface area contributed by atoms with Crippen LogP contribution in [0.25, 0.3) is 0 Å². The molecule has 1 aromatic rings. The van der Waals surface area contributed by atoms with Crippen LogP contribution >= 0.6 is 11.3 Å². The molecule has 2 N–H and O–H groups in total. The number of alkyl carbamates (subject to hydrolysis) is 1. The number of halogens is 2. The van der Waals surface area contributed by atoms with Gasteiger partial charge in [-0.15, -0.1) is 11.3 Å². The quantitative estimate of drug-likeness (QED) is 0.842. The number of carbonyl (C=O) groups excluding carboxylic acids is 1. The highest BCUT2D eigenvalue weighted by molar-refractivity contribution is 7.10. The Morgan fingerprint density at radius 1 is 1.38 bits per heavy atom. The topological polar surface area (TPSA) is 50.4 Å². The van der Waals surface area contributed by atoms with Crippen LogP contribution in [0.3, 0.4) is 0 Å². The molecule has 1 rings (SSSR count). The number of hydrogen-bond donors (Lipinski definition) is 2. The summed E-state index contributed by atoms with van der Waals surface area (Å²) in [5.74, 6) is -3.04. The SMILES string of the molecule is CC(NCC(F)(F)CNC(=O)OC(C)(C)C)c1cccs1. The van der Waals surface area contributed by atoms with E-state index in [9.17, 15) is 13.6 Å². The fraction of sp³-hybridized carbons (Fsp3) is 0.643. The Hall–Kier alpha value is -1.21. The van der Waals surface area contributed by atoms with E-state index < -0.39 is 30.7 Å². The molecule has 120 valence electrons. The molecule has 0 aromatic carbocycles. The maximum absolute atomic E-state index is 13.7. The van der Waals surface area contributed by atoms with Crippen molar-refractivity contribution in [2.24, 2.45) is 0 Å². The lowest BCUT2D eigenvalue weighted by molar-refractivity contribution is -0.00518. The number of carbonyl (C=O) groups is 1. The van der Waals surface area contributed by atoms with E-state index >= 15 is 0 Å². The standard InChI is InChI=1S/C14H22F2N2O2S/c1-10(11-6-5-7-21-11)17-8-14(15,16)9-18-12(19)20-13(2,3)4/h5-7,10,17H,8-9H2,1-4H3,(H,18,19). The monoisotopic (exact) mass is 320 g/mol. The van der Waals surface area contributed by atoms with Gasteiger partial charge in [-0.3, -0.25) is 0 Å². The highest BCUT2D eigenvalue weighted by Gasteiger charge is 2.30. The molecule has 0 radical (unpaired) electrons. The molecule has 0 aliphatic carbocycles. The minimum Gasteiger partial charge on any atom is -0.444 e. The number of ether oxygens (including phenoxy) is 1. The van der Waals surface area contributed by atoms with Gasteiger partial charge in [0.25, 0.3) is 5.92 Å². The molecule has 0 saturated heterocycles. The van der Waals surface area contributed by atoms with Gasteiger partial charge in [0.2, 0.25) is 0 Å². The Morgan fingerprint density at radius 2 is 2.05 bits per heavy atom. The fourth-order valence-electron chi connectivity index (χ4n) is 1.52. The molecule has 1 unspecified atom stereocenters. The second-order valence-electron chi connectivity index (χ2n) is 5.83. The van der Waals surface area contributed by atoms with E-state index in [-0.39, 0.29) is 6.04 Å². The van der Waals surface area contributed by atoms with Crippen molar-refractivity contribution in [1.29, 1.82) is 0 Å². The number of alkyl halides is 2. The molecule has 0 aliphatic heterocycles. The Balaban J connectivity index is 2.35. The highest BCUT2D eigenvalue weighted by Crippen LogP contribution is 2.20. The van der Waals surface area contributed by atoms with Crippen LogP contribution in [0.2, 0.25) is 0 Å². The first-order chi connectivity index (χ1) is 9.59. The highest BCUT2D eigenvalue weighted by atomic mass is 32.1. The Labute approximate surface area is 127 Å². The average Bonchev–Trinajstić information content (AvgIpc) is 2.85. The van der Waals surface area contributed by atoms with Gasteiger partial charge in [0.05, 0.1) is 13.1 Å². The number of rotatable bonds is 6. The minimum absolute atomic E-state index is 0.155. The fourth-order valence-corrected chi connectivity index (χ4v) is 2.28. The molecular formula is C14H22F2N2O2S. The summed E-state index contributed by atoms with van der Waals surface area (Å²) in [4.78, 5) is 12.3. The van der Waals surface area contributed by atoms with Gasteiger partial charge in [0, 0.05) is 10.9 Å². The third kappa shape index (κ3) is 7.38. The number of thiophene rings is 1. The third-order valence-corrected chi connectivity index (χ3v) is 3.58. The smallest absolute Gasteiger partial charge is 0.407 e. The summed E-state index contributed by atoms with van der Waals surface area (Å²) in [6.45, 7) is 5.58. The summed E-state index contributed by atoms with van der Waals surface area (Å²) in [6, 6.07) is 3.61. The molecule has 0 aliphatic rings. The van der Waals surface area contributed by atoms with Gasteiger partial charge < -0.3 is 15.4 Å². The molecule has 0 fully saturated rings. The van der Waals surface area contributed by atoms with E-state index in [2.05, 4.69) is 10.6 Å². The predicted molar refractivity (Wildman–Crippen MR) is 79.9 cm³/mol. The first kappa shape index (κ1) is 17.8. The largest absolute Gasteiger partial charge is 0.444 e. The molecule has 7 heteroatoms. The van der Waals surface area contributed by atoms with Gasteiger partial charge in [0.15, 0.2) is 0 Å². The minimum atomic E-state index is -3.04. The predicted octanol–water partition coefficient (Wildman–Crippen LogP) is 3.56. The van der Waals surface area contributed by atoms with Crippen LogP contribution in [0.1, 0.15) is 38.6 Å². The molecule has 1 heterocycles. The van der Waals surface area contributed by atoms with Crippen molar-refractivity contribution in [2.45, 2.75) is 45.3 Å². The van der Waals surface area contributed by atoms with Gasteiger partial charge in [-0.1, -0.05) is 6.07 Å². The van der Waals surface area contributed by atoms with E-state index in [1.807, 2.05) is 24.4 Å². The summed E-state index contributed by atoms with van der Waals surface area (Å²) < 4.78 is 32.3. The molecule has 1 amide bonds. The molecule has 0 spiro atoms. The zero-order valence-corrected chi connectivity index (χ0v) is 13.5. The summed E-state index contributed by atoms with van der Waals surface area (Å²) in [5, 5.41) is 6.75. The third-order valence-electron chi connectivity index (χ3n) is 2.53. The van der Waals surface area contributed by atoms with Gasteiger partial charge in [-0.25, -0.2) is 13.6 Å². The molecule has 1 atom stereocenters. The average molecular weight is 320 g/mol. The zero-order valence-electron chi connectivity index (χ0n) is 12.7. The number of hydrogen-bond acceptors (Lipinski definition) is 4. The Bertz CT molecular complexity index is 444. The van der Waals surface area contributed by atoms with Crippen molar-refractivity contribution in [3.63, 3.8) is 0 Å². The molecule has 1 aromatic heterocycles. The van der Waals surface area contributed by atoms with Crippen LogP contribution in [0.15, 0.2) is 17.5 Å². The van der Waals surface area contributed by atoms with Crippen molar-refractivity contribution in [3.05, 3.63) is 22.4 Å². The Morgan fingerprint density at radius 3 is 2.57 bits per heavy atom. The van der Waals surface area contributed by atoms with Gasteiger partial charge in [-0.05, 0) is 39.1 Å². The molecule has 0 saturated carbocycles. The molecule has 21 heavy (non-hydrogen) atoms. The van der Waals surface area contributed by atoms with E-state index in [0.717, 1.165) is 4.88 Å². The first-order valence-corrected chi connectivity index (χ1v) is 7.58. The van der Waals surface area contributed by atoms with Gasteiger partial charge in [0.1, 0.15) is 5.60 Å². The maximum Gasteiger partial charge on any atom is 0.407 e. The molecular weight excluding hydrogens is 298 g/mol. The van der Waals surface area contributed by atoms with Crippen molar-refractivity contribution in [1.82, 2.24) is 10.6 Å². The normalized spacial score (nSPS) is 13.8. The van der Waals surface area contributed by atoms with E-state index in [4.69, 9.17) is 4.74 Å². The summed E-state index contributed by atoms with van der Waals surface area (Å²) >= 11 is 1.51. The van der Waals surface area contributed by atoms with E-state index in [1.54, 1.807) is 20.8 Å². The van der Waals surface area contributed by atoms with Crippen LogP contribution in [-0.4, -0.2) is 30.7 Å². The van der Waals surface area contributed by atoms with Crippen molar-refractivity contribution < 1.29 is 18.3 Å². The van der Waals surface area contributed by atoms with E-state index in [1.165, 1.54) is 11.3 Å². The summed E-state index contributed by atoms with van der Waals surface area (Å²) in [7, 11) is 0. The molecule has 4 nitrogen and oxygen atoms in total. The lowest BCUT2D eigenvalue weighted by atomic mass is 10.2.